The van der Waals surface area contributed by atoms with E-state index < -0.39 is 0 Å². The number of para-hydroxylation sites is 2. The zero-order valence-corrected chi connectivity index (χ0v) is 16.0. The number of nitrogens with one attached hydrogen (secondary N) is 1. The van der Waals surface area contributed by atoms with Crippen LogP contribution in [0.15, 0.2) is 72.8 Å². The zero-order chi connectivity index (χ0) is 18.4. The molecule has 134 valence electrons. The molecule has 0 fully saturated rings. The van der Waals surface area contributed by atoms with Gasteiger partial charge in [-0.1, -0.05) is 65.7 Å². The van der Waals surface area contributed by atoms with Gasteiger partial charge < -0.3 is 9.88 Å². The monoisotopic (exact) mass is 393 g/mol. The highest BCUT2D eigenvalue weighted by molar-refractivity contribution is 6.31. The topological polar surface area (TPSA) is 29.9 Å². The van der Waals surface area contributed by atoms with Crippen molar-refractivity contribution >= 4 is 40.2 Å². The summed E-state index contributed by atoms with van der Waals surface area (Å²) in [5.74, 6) is 0.868. The van der Waals surface area contributed by atoms with Crippen molar-refractivity contribution in [2.24, 2.45) is 0 Å². The van der Waals surface area contributed by atoms with E-state index in [0.717, 1.165) is 39.0 Å². The van der Waals surface area contributed by atoms with E-state index in [1.807, 2.05) is 42.5 Å². The van der Waals surface area contributed by atoms with Gasteiger partial charge in [-0.2, -0.15) is 0 Å². The molecule has 0 amide bonds. The molecule has 0 aliphatic carbocycles. The number of fused-ring (bicyclic) bond motifs is 3. The Labute approximate surface area is 167 Å². The van der Waals surface area contributed by atoms with E-state index >= 15 is 0 Å². The number of halogens is 2. The van der Waals surface area contributed by atoms with Crippen molar-refractivity contribution in [2.45, 2.75) is 18.5 Å². The van der Waals surface area contributed by atoms with Crippen LogP contribution in [0, 0.1) is 0 Å². The minimum absolute atomic E-state index is 0.0868. The lowest BCUT2D eigenvalue weighted by Crippen LogP contribution is -2.27. The Kier molecular flexibility index (Phi) is 4.07. The summed E-state index contributed by atoms with van der Waals surface area (Å²) in [6.45, 7) is 0. The van der Waals surface area contributed by atoms with Crippen LogP contribution in [0.3, 0.4) is 0 Å². The highest BCUT2D eigenvalue weighted by Crippen LogP contribution is 2.42. The summed E-state index contributed by atoms with van der Waals surface area (Å²) in [6, 6.07) is 24.6. The van der Waals surface area contributed by atoms with E-state index in [4.69, 9.17) is 28.2 Å². The Morgan fingerprint density at radius 3 is 2.44 bits per heavy atom. The van der Waals surface area contributed by atoms with Crippen molar-refractivity contribution < 1.29 is 0 Å². The number of benzene rings is 3. The van der Waals surface area contributed by atoms with Gasteiger partial charge >= 0.3 is 0 Å². The molecular formula is C22H17Cl2N3. The van der Waals surface area contributed by atoms with Crippen molar-refractivity contribution in [3.05, 3.63) is 94.0 Å². The summed E-state index contributed by atoms with van der Waals surface area (Å²) in [5.41, 5.74) is 4.41. The lowest BCUT2D eigenvalue weighted by Gasteiger charge is -2.34. The van der Waals surface area contributed by atoms with E-state index in [0.29, 0.717) is 0 Å². The first-order valence-corrected chi connectivity index (χ1v) is 9.70. The summed E-state index contributed by atoms with van der Waals surface area (Å²) >= 11 is 12.6. The van der Waals surface area contributed by atoms with Gasteiger partial charge in [-0.15, -0.1) is 0 Å². The van der Waals surface area contributed by atoms with Crippen LogP contribution < -0.4 is 5.32 Å². The maximum Gasteiger partial charge on any atom is 0.204 e. The zero-order valence-electron chi connectivity index (χ0n) is 14.4. The Hall–Kier alpha value is -2.49. The molecule has 1 N–H and O–H groups in total. The van der Waals surface area contributed by atoms with Gasteiger partial charge in [0.15, 0.2) is 0 Å². The van der Waals surface area contributed by atoms with Crippen LogP contribution in [0.2, 0.25) is 10.0 Å². The summed E-state index contributed by atoms with van der Waals surface area (Å²) in [4.78, 5) is 4.83. The van der Waals surface area contributed by atoms with E-state index in [9.17, 15) is 0 Å². The van der Waals surface area contributed by atoms with Gasteiger partial charge in [-0.25, -0.2) is 4.98 Å². The molecule has 0 saturated heterocycles. The normalized spacial score (nSPS) is 18.9. The Bertz CT molecular complexity index is 1120. The van der Waals surface area contributed by atoms with Crippen LogP contribution in [0.4, 0.5) is 5.95 Å². The van der Waals surface area contributed by atoms with Gasteiger partial charge in [0, 0.05) is 10.0 Å². The van der Waals surface area contributed by atoms with Gasteiger partial charge in [0.05, 0.1) is 23.1 Å². The molecule has 1 aromatic heterocycles. The molecule has 0 radical (unpaired) electrons. The van der Waals surface area contributed by atoms with Gasteiger partial charge in [0.1, 0.15) is 0 Å². The second-order valence-corrected chi connectivity index (χ2v) is 7.66. The molecule has 4 aromatic rings. The highest BCUT2D eigenvalue weighted by atomic mass is 35.5. The van der Waals surface area contributed by atoms with Gasteiger partial charge in [-0.05, 0) is 47.9 Å². The van der Waals surface area contributed by atoms with Crippen molar-refractivity contribution in [1.82, 2.24) is 9.55 Å². The smallest absolute Gasteiger partial charge is 0.204 e. The molecule has 0 saturated carbocycles. The maximum absolute atomic E-state index is 6.49. The van der Waals surface area contributed by atoms with E-state index in [1.165, 1.54) is 5.56 Å². The quantitative estimate of drug-likeness (QED) is 0.421. The molecule has 2 atom stereocenters. The number of aromatic nitrogens is 2. The third kappa shape index (κ3) is 2.88. The summed E-state index contributed by atoms with van der Waals surface area (Å²) in [7, 11) is 0. The van der Waals surface area contributed by atoms with Crippen molar-refractivity contribution in [1.29, 1.82) is 0 Å². The molecule has 27 heavy (non-hydrogen) atoms. The van der Waals surface area contributed by atoms with Crippen LogP contribution in [0.1, 0.15) is 29.6 Å². The predicted octanol–water partition coefficient (Wildman–Crippen LogP) is 6.49. The average Bonchev–Trinajstić information content (AvgIpc) is 3.07. The third-order valence-electron chi connectivity index (χ3n) is 5.21. The number of rotatable bonds is 2. The fourth-order valence-electron chi connectivity index (χ4n) is 3.94. The largest absolute Gasteiger partial charge is 0.349 e. The predicted molar refractivity (Wildman–Crippen MR) is 112 cm³/mol. The van der Waals surface area contributed by atoms with Crippen molar-refractivity contribution in [2.75, 3.05) is 5.32 Å². The first kappa shape index (κ1) is 16.7. The van der Waals surface area contributed by atoms with Crippen LogP contribution in [0.25, 0.3) is 11.0 Å². The van der Waals surface area contributed by atoms with Crippen molar-refractivity contribution in [3.63, 3.8) is 0 Å². The van der Waals surface area contributed by atoms with E-state index in [-0.39, 0.29) is 12.1 Å². The molecular weight excluding hydrogens is 377 g/mol. The average molecular weight is 394 g/mol. The maximum atomic E-state index is 6.49. The second kappa shape index (κ2) is 6.59. The first-order chi connectivity index (χ1) is 13.2. The fraction of sp³-hybridized carbons (Fsp3) is 0.136. The Morgan fingerprint density at radius 2 is 1.63 bits per heavy atom. The van der Waals surface area contributed by atoms with Gasteiger partial charge in [-0.3, -0.25) is 0 Å². The summed E-state index contributed by atoms with van der Waals surface area (Å²) in [5, 5.41) is 5.11. The molecule has 3 aromatic carbocycles. The SMILES string of the molecule is Clc1ccc([C@H]2C[C@@H](c3ccccc3Cl)Nc3nc4ccccc4n32)cc1. The first-order valence-electron chi connectivity index (χ1n) is 8.94. The molecule has 1 aliphatic heterocycles. The molecule has 2 heterocycles. The molecule has 0 bridgehead atoms. The number of hydrogen-bond donors (Lipinski definition) is 1. The number of anilines is 1. The molecule has 0 spiro atoms. The lowest BCUT2D eigenvalue weighted by atomic mass is 9.93. The van der Waals surface area contributed by atoms with Gasteiger partial charge in [0.2, 0.25) is 5.95 Å². The van der Waals surface area contributed by atoms with E-state index in [1.54, 1.807) is 0 Å². The Balaban J connectivity index is 1.68. The molecule has 5 heteroatoms. The number of hydrogen-bond acceptors (Lipinski definition) is 2. The molecule has 5 rings (SSSR count). The Morgan fingerprint density at radius 1 is 0.889 bits per heavy atom. The van der Waals surface area contributed by atoms with Crippen LogP contribution in [-0.4, -0.2) is 9.55 Å². The highest BCUT2D eigenvalue weighted by Gasteiger charge is 2.31. The lowest BCUT2D eigenvalue weighted by molar-refractivity contribution is 0.477. The molecule has 3 nitrogen and oxygen atoms in total. The fourth-order valence-corrected chi connectivity index (χ4v) is 4.33. The van der Waals surface area contributed by atoms with Crippen LogP contribution in [0.5, 0.6) is 0 Å². The summed E-state index contributed by atoms with van der Waals surface area (Å²) in [6.07, 6.45) is 0.874. The minimum atomic E-state index is 0.0868. The van der Waals surface area contributed by atoms with E-state index in [2.05, 4.69) is 40.2 Å². The standard InChI is InChI=1S/C22H17Cl2N3/c23-15-11-9-14(10-12-15)21-13-19(16-5-1-2-6-17(16)24)26-22-25-18-7-3-4-8-20(18)27(21)22/h1-12,19,21H,13H2,(H,25,26)/t19-,21+/m0/s1. The number of nitrogens with zero attached hydrogens (tertiary/aromatic N) is 2. The van der Waals surface area contributed by atoms with Crippen LogP contribution in [-0.2, 0) is 0 Å². The van der Waals surface area contributed by atoms with Gasteiger partial charge in [0.25, 0.3) is 0 Å². The second-order valence-electron chi connectivity index (χ2n) is 6.82. The van der Waals surface area contributed by atoms with Crippen LogP contribution >= 0.6 is 23.2 Å². The van der Waals surface area contributed by atoms with Crippen molar-refractivity contribution in [3.8, 4) is 0 Å². The molecule has 1 aliphatic rings. The molecule has 0 unspecified atom stereocenters. The number of imidazole rings is 1. The minimum Gasteiger partial charge on any atom is -0.349 e. The third-order valence-corrected chi connectivity index (χ3v) is 5.80. The summed E-state index contributed by atoms with van der Waals surface area (Å²) < 4.78 is 2.28.